The molecule has 0 fully saturated rings. The Morgan fingerprint density at radius 3 is 2.65 bits per heavy atom. The Bertz CT molecular complexity index is 513. The molecule has 0 amide bonds. The van der Waals surface area contributed by atoms with Gasteiger partial charge in [0.05, 0.1) is 11.7 Å². The van der Waals surface area contributed by atoms with E-state index in [9.17, 15) is 4.39 Å². The van der Waals surface area contributed by atoms with E-state index in [1.165, 1.54) is 11.6 Å². The van der Waals surface area contributed by atoms with Crippen molar-refractivity contribution >= 4 is 0 Å². The highest BCUT2D eigenvalue weighted by molar-refractivity contribution is 5.17. The summed E-state index contributed by atoms with van der Waals surface area (Å²) in [6.07, 6.45) is 4.44. The first-order valence-electron chi connectivity index (χ1n) is 7.19. The van der Waals surface area contributed by atoms with Crippen molar-refractivity contribution in [2.24, 2.45) is 0 Å². The summed E-state index contributed by atoms with van der Waals surface area (Å²) >= 11 is 0. The second-order valence-corrected chi connectivity index (χ2v) is 4.90. The zero-order chi connectivity index (χ0) is 14.2. The number of nitrogens with zero attached hydrogens (tertiary/aromatic N) is 1. The maximum Gasteiger partial charge on any atom is 0.146 e. The number of benzene rings is 1. The summed E-state index contributed by atoms with van der Waals surface area (Å²) in [5.41, 5.74) is 1.80. The maximum atomic E-state index is 13.9. The summed E-state index contributed by atoms with van der Waals surface area (Å²) in [6.45, 7) is 2.98. The quantitative estimate of drug-likeness (QED) is 0.827. The molecule has 3 heteroatoms. The third kappa shape index (κ3) is 4.14. The molecule has 0 aliphatic heterocycles. The van der Waals surface area contributed by atoms with Crippen LogP contribution in [0.15, 0.2) is 48.7 Å². The lowest BCUT2D eigenvalue weighted by atomic mass is 10.0. The van der Waals surface area contributed by atoms with E-state index in [4.69, 9.17) is 0 Å². The molecule has 2 aromatic rings. The van der Waals surface area contributed by atoms with Gasteiger partial charge in [-0.1, -0.05) is 37.3 Å². The molecule has 0 saturated heterocycles. The van der Waals surface area contributed by atoms with Gasteiger partial charge in [-0.2, -0.15) is 0 Å². The molecule has 1 aromatic carbocycles. The Morgan fingerprint density at radius 2 is 1.95 bits per heavy atom. The molecule has 0 saturated carbocycles. The molecule has 2 nitrogen and oxygen atoms in total. The van der Waals surface area contributed by atoms with Crippen LogP contribution >= 0.6 is 0 Å². The highest BCUT2D eigenvalue weighted by Crippen LogP contribution is 2.20. The maximum absolute atomic E-state index is 13.9. The minimum absolute atomic E-state index is 0.0312. The number of aromatic nitrogens is 1. The smallest absolute Gasteiger partial charge is 0.146 e. The van der Waals surface area contributed by atoms with Gasteiger partial charge in [-0.05, 0) is 43.5 Å². The van der Waals surface area contributed by atoms with Crippen molar-refractivity contribution in [3.05, 3.63) is 65.7 Å². The fraction of sp³-hybridized carbons (Fsp3) is 0.353. The zero-order valence-corrected chi connectivity index (χ0v) is 11.8. The number of halogens is 1. The largest absolute Gasteiger partial charge is 0.309 e. The molecule has 0 spiro atoms. The standard InChI is InChI=1S/C17H21FN2/c1-2-12-19-16(17-15(18)9-6-13-20-17)11-10-14-7-4-3-5-8-14/h3-9,13,16,19H,2,10-12H2,1H3. The Hall–Kier alpha value is -1.74. The van der Waals surface area contributed by atoms with E-state index >= 15 is 0 Å². The van der Waals surface area contributed by atoms with Gasteiger partial charge in [-0.25, -0.2) is 4.39 Å². The van der Waals surface area contributed by atoms with Crippen LogP contribution < -0.4 is 5.32 Å². The van der Waals surface area contributed by atoms with Crippen LogP contribution in [0.2, 0.25) is 0 Å². The number of nitrogens with one attached hydrogen (secondary N) is 1. The van der Waals surface area contributed by atoms with Gasteiger partial charge in [-0.3, -0.25) is 4.98 Å². The SMILES string of the molecule is CCCNC(CCc1ccccc1)c1ncccc1F. The van der Waals surface area contributed by atoms with E-state index < -0.39 is 0 Å². The Balaban J connectivity index is 2.06. The Morgan fingerprint density at radius 1 is 1.15 bits per heavy atom. The molecule has 1 aromatic heterocycles. The van der Waals surface area contributed by atoms with Gasteiger partial charge in [-0.15, -0.1) is 0 Å². The number of hydrogen-bond donors (Lipinski definition) is 1. The lowest BCUT2D eigenvalue weighted by molar-refractivity contribution is 0.460. The molecule has 20 heavy (non-hydrogen) atoms. The predicted octanol–water partition coefficient (Wildman–Crippen LogP) is 3.89. The highest BCUT2D eigenvalue weighted by Gasteiger charge is 2.16. The van der Waals surface area contributed by atoms with E-state index in [2.05, 4.69) is 29.4 Å². The molecule has 0 bridgehead atoms. The Kier molecular flexibility index (Phi) is 5.69. The molecular formula is C17H21FN2. The molecule has 1 N–H and O–H groups in total. The molecule has 106 valence electrons. The molecule has 0 aliphatic carbocycles. The van der Waals surface area contributed by atoms with Crippen LogP contribution in [-0.2, 0) is 6.42 Å². The normalized spacial score (nSPS) is 12.3. The minimum Gasteiger partial charge on any atom is -0.309 e. The monoisotopic (exact) mass is 272 g/mol. The predicted molar refractivity (Wildman–Crippen MR) is 80.0 cm³/mol. The summed E-state index contributed by atoms with van der Waals surface area (Å²) in [4.78, 5) is 4.21. The number of rotatable bonds is 7. The van der Waals surface area contributed by atoms with Gasteiger partial charge in [0.15, 0.2) is 0 Å². The van der Waals surface area contributed by atoms with Gasteiger partial charge in [0.25, 0.3) is 0 Å². The highest BCUT2D eigenvalue weighted by atomic mass is 19.1. The van der Waals surface area contributed by atoms with Gasteiger partial charge in [0.1, 0.15) is 5.82 Å². The average molecular weight is 272 g/mol. The van der Waals surface area contributed by atoms with E-state index in [0.717, 1.165) is 25.8 Å². The lowest BCUT2D eigenvalue weighted by Crippen LogP contribution is -2.24. The van der Waals surface area contributed by atoms with Crippen LogP contribution in [0.4, 0.5) is 4.39 Å². The second-order valence-electron chi connectivity index (χ2n) is 4.90. The van der Waals surface area contributed by atoms with Crippen LogP contribution in [0.3, 0.4) is 0 Å². The molecule has 1 heterocycles. The first-order chi connectivity index (χ1) is 9.81. The molecule has 0 aliphatic rings. The number of pyridine rings is 1. The van der Waals surface area contributed by atoms with Crippen LogP contribution in [0.1, 0.15) is 37.1 Å². The fourth-order valence-corrected chi connectivity index (χ4v) is 2.26. The average Bonchev–Trinajstić information content (AvgIpc) is 2.49. The van der Waals surface area contributed by atoms with Gasteiger partial charge in [0.2, 0.25) is 0 Å². The van der Waals surface area contributed by atoms with Crippen LogP contribution in [0.5, 0.6) is 0 Å². The van der Waals surface area contributed by atoms with Crippen molar-refractivity contribution in [3.63, 3.8) is 0 Å². The van der Waals surface area contributed by atoms with Crippen LogP contribution in [-0.4, -0.2) is 11.5 Å². The van der Waals surface area contributed by atoms with Crippen molar-refractivity contribution in [2.75, 3.05) is 6.54 Å². The van der Waals surface area contributed by atoms with Crippen molar-refractivity contribution in [2.45, 2.75) is 32.2 Å². The zero-order valence-electron chi connectivity index (χ0n) is 11.8. The third-order valence-electron chi connectivity index (χ3n) is 3.32. The summed E-state index contributed by atoms with van der Waals surface area (Å²) in [7, 11) is 0. The van der Waals surface area contributed by atoms with Gasteiger partial charge < -0.3 is 5.32 Å². The van der Waals surface area contributed by atoms with E-state index in [1.54, 1.807) is 12.3 Å². The molecule has 1 atom stereocenters. The van der Waals surface area contributed by atoms with Gasteiger partial charge in [0, 0.05) is 6.20 Å². The first kappa shape index (κ1) is 14.7. The molecule has 1 unspecified atom stereocenters. The lowest BCUT2D eigenvalue weighted by Gasteiger charge is -2.18. The molecule has 2 rings (SSSR count). The van der Waals surface area contributed by atoms with Crippen LogP contribution in [0, 0.1) is 5.82 Å². The topological polar surface area (TPSA) is 24.9 Å². The van der Waals surface area contributed by atoms with E-state index in [1.807, 2.05) is 18.2 Å². The second kappa shape index (κ2) is 7.75. The summed E-state index contributed by atoms with van der Waals surface area (Å²) in [5, 5.41) is 3.39. The van der Waals surface area contributed by atoms with Gasteiger partial charge >= 0.3 is 0 Å². The fourth-order valence-electron chi connectivity index (χ4n) is 2.26. The Labute approximate surface area is 120 Å². The molecule has 0 radical (unpaired) electrons. The van der Waals surface area contributed by atoms with E-state index in [-0.39, 0.29) is 11.9 Å². The summed E-state index contributed by atoms with van der Waals surface area (Å²) in [5.74, 6) is -0.228. The number of aryl methyl sites for hydroxylation is 1. The summed E-state index contributed by atoms with van der Waals surface area (Å²) < 4.78 is 13.9. The van der Waals surface area contributed by atoms with Crippen molar-refractivity contribution < 1.29 is 4.39 Å². The van der Waals surface area contributed by atoms with E-state index in [0.29, 0.717) is 5.69 Å². The number of hydrogen-bond acceptors (Lipinski definition) is 2. The van der Waals surface area contributed by atoms with Crippen molar-refractivity contribution in [1.29, 1.82) is 0 Å². The first-order valence-corrected chi connectivity index (χ1v) is 7.19. The third-order valence-corrected chi connectivity index (χ3v) is 3.32. The van der Waals surface area contributed by atoms with Crippen LogP contribution in [0.25, 0.3) is 0 Å². The minimum atomic E-state index is -0.228. The van der Waals surface area contributed by atoms with Crippen molar-refractivity contribution in [3.8, 4) is 0 Å². The molecular weight excluding hydrogens is 251 g/mol. The summed E-state index contributed by atoms with van der Waals surface area (Å²) in [6, 6.07) is 13.4. The van der Waals surface area contributed by atoms with Crippen molar-refractivity contribution in [1.82, 2.24) is 10.3 Å².